The van der Waals surface area contributed by atoms with Gasteiger partial charge in [0.05, 0.1) is 24.4 Å². The number of nitrogens with zero attached hydrogens (tertiary/aromatic N) is 2. The fraction of sp³-hybridized carbons (Fsp3) is 0.517. The molecule has 0 saturated heterocycles. The molecule has 2 N–H and O–H groups in total. The number of rotatable bonds is 6. The molecule has 0 aliphatic carbocycles. The molecule has 0 fully saturated rings. The van der Waals surface area contributed by atoms with Gasteiger partial charge < -0.3 is 19.8 Å². The molecule has 8 heteroatoms. The van der Waals surface area contributed by atoms with E-state index in [9.17, 15) is 9.59 Å². The first kappa shape index (κ1) is 26.8. The SMILES string of the molecule is CCOC(=O)CC(c1cc(C)c2c(c1)CN(C(=O)OC(C)(C)C)CC2)c1ccc2c(c1C)NNN2CC. The lowest BCUT2D eigenvalue weighted by molar-refractivity contribution is -0.143. The summed E-state index contributed by atoms with van der Waals surface area (Å²) in [5.74, 6) is -0.401. The molecule has 1 unspecified atom stereocenters. The molecule has 2 aromatic rings. The summed E-state index contributed by atoms with van der Waals surface area (Å²) in [6.45, 7) is 16.1. The van der Waals surface area contributed by atoms with Crippen LogP contribution >= 0.6 is 0 Å². The van der Waals surface area contributed by atoms with Crippen LogP contribution in [0.15, 0.2) is 24.3 Å². The molecule has 1 atom stereocenters. The van der Waals surface area contributed by atoms with Crippen LogP contribution in [0.3, 0.4) is 0 Å². The van der Waals surface area contributed by atoms with Crippen molar-refractivity contribution in [1.29, 1.82) is 0 Å². The third kappa shape index (κ3) is 5.69. The van der Waals surface area contributed by atoms with Crippen LogP contribution < -0.4 is 16.0 Å². The highest BCUT2D eigenvalue weighted by Crippen LogP contribution is 2.41. The van der Waals surface area contributed by atoms with Crippen LogP contribution in [0, 0.1) is 13.8 Å². The van der Waals surface area contributed by atoms with Crippen molar-refractivity contribution in [3.05, 3.63) is 57.6 Å². The first-order chi connectivity index (χ1) is 17.5. The van der Waals surface area contributed by atoms with Gasteiger partial charge in [-0.05, 0) is 94.3 Å². The molecule has 2 aliphatic heterocycles. The molecule has 2 heterocycles. The molecule has 0 bridgehead atoms. The number of carbonyl (C=O) groups excluding carboxylic acids is 2. The number of carbonyl (C=O) groups is 2. The number of amides is 1. The Labute approximate surface area is 220 Å². The lowest BCUT2D eigenvalue weighted by atomic mass is 9.82. The number of hydrogen-bond donors (Lipinski definition) is 2. The van der Waals surface area contributed by atoms with E-state index in [1.165, 1.54) is 11.1 Å². The largest absolute Gasteiger partial charge is 0.466 e. The Morgan fingerprint density at radius 1 is 1.14 bits per heavy atom. The van der Waals surface area contributed by atoms with Gasteiger partial charge in [0.25, 0.3) is 0 Å². The summed E-state index contributed by atoms with van der Waals surface area (Å²) >= 11 is 0. The maximum atomic E-state index is 12.8. The minimum absolute atomic E-state index is 0.178. The van der Waals surface area contributed by atoms with Crippen molar-refractivity contribution in [1.82, 2.24) is 10.4 Å². The van der Waals surface area contributed by atoms with Crippen LogP contribution in [0.5, 0.6) is 0 Å². The number of hydrogen-bond acceptors (Lipinski definition) is 7. The van der Waals surface area contributed by atoms with Crippen molar-refractivity contribution < 1.29 is 19.1 Å². The third-order valence-corrected chi connectivity index (χ3v) is 7.09. The molecule has 4 rings (SSSR count). The molecule has 0 spiro atoms. The molecule has 2 aliphatic rings. The highest BCUT2D eigenvalue weighted by atomic mass is 16.6. The fourth-order valence-corrected chi connectivity index (χ4v) is 5.33. The summed E-state index contributed by atoms with van der Waals surface area (Å²) in [5.41, 5.74) is 14.9. The molecule has 0 aromatic heterocycles. The Morgan fingerprint density at radius 3 is 2.57 bits per heavy atom. The zero-order chi connectivity index (χ0) is 26.9. The van der Waals surface area contributed by atoms with Gasteiger partial charge in [-0.15, -0.1) is 5.53 Å². The monoisotopic (exact) mass is 508 g/mol. The average molecular weight is 509 g/mol. The summed E-state index contributed by atoms with van der Waals surface area (Å²) in [5, 5.41) is 2.06. The molecule has 37 heavy (non-hydrogen) atoms. The zero-order valence-corrected chi connectivity index (χ0v) is 23.2. The summed E-state index contributed by atoms with van der Waals surface area (Å²) in [7, 11) is 0. The number of benzene rings is 2. The Balaban J connectivity index is 1.72. The Kier molecular flexibility index (Phi) is 7.69. The highest BCUT2D eigenvalue weighted by molar-refractivity contribution is 5.79. The highest BCUT2D eigenvalue weighted by Gasteiger charge is 2.30. The number of aryl methyl sites for hydroxylation is 1. The summed E-state index contributed by atoms with van der Waals surface area (Å²) in [6.07, 6.45) is 0.730. The molecule has 0 saturated carbocycles. The van der Waals surface area contributed by atoms with Crippen molar-refractivity contribution in [3.8, 4) is 0 Å². The summed E-state index contributed by atoms with van der Waals surface area (Å²) in [6, 6.07) is 8.58. The van der Waals surface area contributed by atoms with E-state index in [1.807, 2.05) is 27.7 Å². The van der Waals surface area contributed by atoms with Crippen LogP contribution in [0.2, 0.25) is 0 Å². The number of nitrogens with one attached hydrogen (secondary N) is 2. The summed E-state index contributed by atoms with van der Waals surface area (Å²) in [4.78, 5) is 27.3. The van der Waals surface area contributed by atoms with Crippen molar-refractivity contribution in [2.24, 2.45) is 0 Å². The number of anilines is 2. The van der Waals surface area contributed by atoms with E-state index < -0.39 is 5.60 Å². The van der Waals surface area contributed by atoms with E-state index >= 15 is 0 Å². The molecule has 2 aromatic carbocycles. The molecule has 1 amide bonds. The van der Waals surface area contributed by atoms with E-state index in [0.29, 0.717) is 19.7 Å². The zero-order valence-electron chi connectivity index (χ0n) is 23.2. The van der Waals surface area contributed by atoms with E-state index in [-0.39, 0.29) is 24.4 Å². The van der Waals surface area contributed by atoms with Crippen molar-refractivity contribution in [3.63, 3.8) is 0 Å². The Hall–Kier alpha value is -3.26. The maximum Gasteiger partial charge on any atom is 0.410 e. The van der Waals surface area contributed by atoms with Gasteiger partial charge in [-0.25, -0.2) is 4.79 Å². The second-order valence-corrected chi connectivity index (χ2v) is 10.8. The molecule has 200 valence electrons. The van der Waals surface area contributed by atoms with Gasteiger partial charge in [0.2, 0.25) is 0 Å². The minimum atomic E-state index is -0.540. The maximum absolute atomic E-state index is 12.8. The second kappa shape index (κ2) is 10.6. The number of esters is 1. The van der Waals surface area contributed by atoms with Crippen LogP contribution in [-0.2, 0) is 27.2 Å². The van der Waals surface area contributed by atoms with Gasteiger partial charge in [-0.1, -0.05) is 18.2 Å². The van der Waals surface area contributed by atoms with Crippen LogP contribution in [0.25, 0.3) is 0 Å². The van der Waals surface area contributed by atoms with E-state index in [1.54, 1.807) is 4.90 Å². The predicted molar refractivity (Wildman–Crippen MR) is 146 cm³/mol. The van der Waals surface area contributed by atoms with E-state index in [2.05, 4.69) is 61.0 Å². The first-order valence-electron chi connectivity index (χ1n) is 13.2. The van der Waals surface area contributed by atoms with Crippen LogP contribution in [0.4, 0.5) is 16.2 Å². The van der Waals surface area contributed by atoms with E-state index in [0.717, 1.165) is 46.6 Å². The normalized spacial score (nSPS) is 15.5. The topological polar surface area (TPSA) is 83.1 Å². The van der Waals surface area contributed by atoms with Gasteiger partial charge in [-0.2, -0.15) is 0 Å². The summed E-state index contributed by atoms with van der Waals surface area (Å²) < 4.78 is 11.0. The second-order valence-electron chi connectivity index (χ2n) is 10.8. The first-order valence-corrected chi connectivity index (χ1v) is 13.2. The quantitative estimate of drug-likeness (QED) is 0.509. The van der Waals surface area contributed by atoms with E-state index in [4.69, 9.17) is 9.47 Å². The Bertz CT molecular complexity index is 1190. The van der Waals surface area contributed by atoms with Crippen molar-refractivity contribution in [2.45, 2.75) is 79.4 Å². The molecule has 0 radical (unpaired) electrons. The van der Waals surface area contributed by atoms with Gasteiger partial charge in [-0.3, -0.25) is 9.80 Å². The average Bonchev–Trinajstić information content (AvgIpc) is 3.26. The van der Waals surface area contributed by atoms with Crippen molar-refractivity contribution >= 4 is 23.4 Å². The molecule has 8 nitrogen and oxygen atoms in total. The number of fused-ring (bicyclic) bond motifs is 2. The van der Waals surface area contributed by atoms with Gasteiger partial charge in [0.15, 0.2) is 0 Å². The molecular weight excluding hydrogens is 468 g/mol. The number of ether oxygens (including phenoxy) is 2. The lowest BCUT2D eigenvalue weighted by Crippen LogP contribution is -2.40. The fourth-order valence-electron chi connectivity index (χ4n) is 5.33. The van der Waals surface area contributed by atoms with Gasteiger partial charge in [0, 0.05) is 25.6 Å². The number of hydrazine groups is 2. The van der Waals surface area contributed by atoms with Gasteiger partial charge >= 0.3 is 12.1 Å². The predicted octanol–water partition coefficient (Wildman–Crippen LogP) is 5.35. The van der Waals surface area contributed by atoms with Crippen LogP contribution in [0.1, 0.15) is 80.3 Å². The standard InChI is InChI=1S/C29H40N4O4/c1-8-33-25-11-10-23(19(4)27(25)30-31-33)24(16-26(34)36-9-2)20-14-18(3)22-12-13-32(17-21(22)15-20)28(35)37-29(5,6)7/h10-11,14-15,24,30-31H,8-9,12-13,16-17H2,1-7H3. The Morgan fingerprint density at radius 2 is 1.89 bits per heavy atom. The minimum Gasteiger partial charge on any atom is -0.466 e. The van der Waals surface area contributed by atoms with Crippen LogP contribution in [-0.4, -0.2) is 42.3 Å². The lowest BCUT2D eigenvalue weighted by Gasteiger charge is -2.33. The van der Waals surface area contributed by atoms with Crippen molar-refractivity contribution in [2.75, 3.05) is 30.1 Å². The van der Waals surface area contributed by atoms with Gasteiger partial charge in [0.1, 0.15) is 5.60 Å². The third-order valence-electron chi connectivity index (χ3n) is 7.09. The smallest absolute Gasteiger partial charge is 0.410 e. The molecular formula is C29H40N4O4.